The van der Waals surface area contributed by atoms with Crippen molar-refractivity contribution in [3.8, 4) is 5.75 Å². The average molecular weight is 606 g/mol. The minimum atomic E-state index is -4.12. The molecule has 1 fully saturated rings. The fraction of sp³-hybridized carbons (Fsp3) is 0.412. The van der Waals surface area contributed by atoms with Gasteiger partial charge in [-0.15, -0.1) is 0 Å². The molecule has 230 valence electrons. The smallest absolute Gasteiger partial charge is 0.264 e. The van der Waals surface area contributed by atoms with Crippen LogP contribution >= 0.6 is 0 Å². The zero-order chi connectivity index (χ0) is 31.1. The van der Waals surface area contributed by atoms with Crippen molar-refractivity contribution in [2.45, 2.75) is 83.3 Å². The fourth-order valence-corrected chi connectivity index (χ4v) is 6.98. The van der Waals surface area contributed by atoms with E-state index in [2.05, 4.69) is 5.32 Å². The molecule has 9 heteroatoms. The van der Waals surface area contributed by atoms with Crippen molar-refractivity contribution in [2.24, 2.45) is 0 Å². The first-order chi connectivity index (χ1) is 20.5. The number of methoxy groups -OCH3 is 1. The van der Waals surface area contributed by atoms with E-state index in [1.165, 1.54) is 4.90 Å². The van der Waals surface area contributed by atoms with Crippen molar-refractivity contribution < 1.29 is 22.7 Å². The van der Waals surface area contributed by atoms with Gasteiger partial charge in [-0.2, -0.15) is 0 Å². The van der Waals surface area contributed by atoms with Crippen LogP contribution in [-0.2, 0) is 26.2 Å². The van der Waals surface area contributed by atoms with E-state index in [1.54, 1.807) is 50.4 Å². The van der Waals surface area contributed by atoms with E-state index in [-0.39, 0.29) is 23.4 Å². The molecule has 0 bridgehead atoms. The summed E-state index contributed by atoms with van der Waals surface area (Å²) in [6.07, 6.45) is 5.11. The molecule has 8 nitrogen and oxygen atoms in total. The molecule has 43 heavy (non-hydrogen) atoms. The van der Waals surface area contributed by atoms with E-state index in [9.17, 15) is 18.0 Å². The third-order valence-electron chi connectivity index (χ3n) is 7.99. The van der Waals surface area contributed by atoms with Gasteiger partial charge in [-0.05, 0) is 93.6 Å². The van der Waals surface area contributed by atoms with Crippen molar-refractivity contribution in [3.63, 3.8) is 0 Å². The normalized spacial score (nSPS) is 14.5. The van der Waals surface area contributed by atoms with Crippen LogP contribution in [-0.4, -0.2) is 50.9 Å². The van der Waals surface area contributed by atoms with Crippen molar-refractivity contribution in [3.05, 3.63) is 89.0 Å². The Morgan fingerprint density at radius 3 is 2.19 bits per heavy atom. The number of sulfonamides is 1. The molecule has 2 amide bonds. The SMILES string of the molecule is COc1cccc(CN(C(=O)CN(c2cc(C)cc(C)c2)S(=O)(=O)c2ccc(C)cc2)[C@H](C)C(=O)NC2CCCCC2)c1. The van der Waals surface area contributed by atoms with Gasteiger partial charge in [-0.25, -0.2) is 8.42 Å². The summed E-state index contributed by atoms with van der Waals surface area (Å²) < 4.78 is 34.7. The third-order valence-corrected chi connectivity index (χ3v) is 9.78. The molecule has 1 N–H and O–H groups in total. The van der Waals surface area contributed by atoms with Gasteiger partial charge in [0.25, 0.3) is 10.0 Å². The molecule has 0 heterocycles. The first kappa shape index (κ1) is 32.1. The van der Waals surface area contributed by atoms with Crippen molar-refractivity contribution in [1.82, 2.24) is 10.2 Å². The van der Waals surface area contributed by atoms with E-state index in [0.29, 0.717) is 11.4 Å². The maximum atomic E-state index is 14.2. The molecule has 1 saturated carbocycles. The Morgan fingerprint density at radius 2 is 1.56 bits per heavy atom. The Hall–Kier alpha value is -3.85. The van der Waals surface area contributed by atoms with E-state index >= 15 is 0 Å². The highest BCUT2D eigenvalue weighted by molar-refractivity contribution is 7.92. The van der Waals surface area contributed by atoms with Crippen LogP contribution in [0, 0.1) is 20.8 Å². The van der Waals surface area contributed by atoms with Gasteiger partial charge in [0.15, 0.2) is 0 Å². The van der Waals surface area contributed by atoms with Crippen LogP contribution in [0.25, 0.3) is 0 Å². The zero-order valence-corrected chi connectivity index (χ0v) is 26.6. The molecule has 4 rings (SSSR count). The molecule has 0 unspecified atom stereocenters. The van der Waals surface area contributed by atoms with Gasteiger partial charge >= 0.3 is 0 Å². The Kier molecular flexibility index (Phi) is 10.5. The largest absolute Gasteiger partial charge is 0.497 e. The summed E-state index contributed by atoms with van der Waals surface area (Å²) in [6.45, 7) is 7.01. The highest BCUT2D eigenvalue weighted by Gasteiger charge is 2.33. The van der Waals surface area contributed by atoms with Crippen LogP contribution in [0.3, 0.4) is 0 Å². The molecule has 0 aromatic heterocycles. The molecular formula is C34H43N3O5S. The summed E-state index contributed by atoms with van der Waals surface area (Å²) in [6, 6.07) is 18.6. The predicted molar refractivity (Wildman–Crippen MR) is 170 cm³/mol. The standard InChI is InChI=1S/C34H43N3O5S/c1-24-14-16-32(17-15-24)43(40,41)37(30-19-25(2)18-26(3)20-30)23-33(38)36(22-28-10-9-13-31(21-28)42-5)27(4)34(39)35-29-11-7-6-8-12-29/h9-10,13-21,27,29H,6-8,11-12,22-23H2,1-5H3,(H,35,39)/t27-/m1/s1. The molecule has 0 saturated heterocycles. The number of anilines is 1. The van der Waals surface area contributed by atoms with Gasteiger partial charge in [0.1, 0.15) is 18.3 Å². The van der Waals surface area contributed by atoms with Crippen LogP contribution in [0.2, 0.25) is 0 Å². The van der Waals surface area contributed by atoms with Gasteiger partial charge in [0.05, 0.1) is 17.7 Å². The average Bonchev–Trinajstić information content (AvgIpc) is 2.98. The number of carbonyl (C=O) groups excluding carboxylic acids is 2. The van der Waals surface area contributed by atoms with Gasteiger partial charge in [0.2, 0.25) is 11.8 Å². The number of aryl methyl sites for hydroxylation is 3. The molecule has 3 aromatic rings. The Balaban J connectivity index is 1.71. The number of rotatable bonds is 11. The first-order valence-electron chi connectivity index (χ1n) is 14.9. The van der Waals surface area contributed by atoms with Crippen LogP contribution in [0.1, 0.15) is 61.3 Å². The van der Waals surface area contributed by atoms with E-state index in [0.717, 1.165) is 58.7 Å². The lowest BCUT2D eigenvalue weighted by Gasteiger charge is -2.33. The Labute approximate surface area is 256 Å². The Bertz CT molecular complexity index is 1510. The van der Waals surface area contributed by atoms with Crippen LogP contribution in [0.5, 0.6) is 5.75 Å². The molecule has 3 aromatic carbocycles. The highest BCUT2D eigenvalue weighted by atomic mass is 32.2. The second-order valence-electron chi connectivity index (χ2n) is 11.6. The zero-order valence-electron chi connectivity index (χ0n) is 25.8. The molecule has 1 aliphatic rings. The summed E-state index contributed by atoms with van der Waals surface area (Å²) in [5.41, 5.74) is 3.84. The first-order valence-corrected chi connectivity index (χ1v) is 16.3. The number of benzene rings is 3. The van der Waals surface area contributed by atoms with Crippen LogP contribution in [0.4, 0.5) is 5.69 Å². The van der Waals surface area contributed by atoms with E-state index < -0.39 is 28.5 Å². The number of nitrogens with one attached hydrogen (secondary N) is 1. The van der Waals surface area contributed by atoms with Crippen molar-refractivity contribution in [2.75, 3.05) is 18.0 Å². The number of ether oxygens (including phenoxy) is 1. The lowest BCUT2D eigenvalue weighted by atomic mass is 9.95. The molecule has 1 atom stereocenters. The quantitative estimate of drug-likeness (QED) is 0.303. The molecule has 1 aliphatic carbocycles. The maximum absolute atomic E-state index is 14.2. The summed E-state index contributed by atoms with van der Waals surface area (Å²) in [5.74, 6) is -0.102. The molecule has 0 spiro atoms. The lowest BCUT2D eigenvalue weighted by Crippen LogP contribution is -2.53. The second kappa shape index (κ2) is 14.1. The van der Waals surface area contributed by atoms with E-state index in [4.69, 9.17) is 4.74 Å². The molecular weight excluding hydrogens is 562 g/mol. The number of carbonyl (C=O) groups is 2. The topological polar surface area (TPSA) is 96.0 Å². The number of nitrogens with zero attached hydrogens (tertiary/aromatic N) is 2. The summed E-state index contributed by atoms with van der Waals surface area (Å²) in [7, 11) is -2.55. The monoisotopic (exact) mass is 605 g/mol. The van der Waals surface area contributed by atoms with Gasteiger partial charge < -0.3 is 15.0 Å². The summed E-state index contributed by atoms with van der Waals surface area (Å²) in [5, 5.41) is 3.13. The maximum Gasteiger partial charge on any atom is 0.264 e. The second-order valence-corrected chi connectivity index (χ2v) is 13.4. The van der Waals surface area contributed by atoms with Crippen molar-refractivity contribution in [1.29, 1.82) is 0 Å². The van der Waals surface area contributed by atoms with Crippen molar-refractivity contribution >= 4 is 27.5 Å². The molecule has 0 aliphatic heterocycles. The Morgan fingerprint density at radius 1 is 0.907 bits per heavy atom. The van der Waals surface area contributed by atoms with Gasteiger partial charge in [-0.1, -0.05) is 55.2 Å². The fourth-order valence-electron chi connectivity index (χ4n) is 5.58. The number of amides is 2. The lowest BCUT2D eigenvalue weighted by molar-refractivity contribution is -0.139. The van der Waals surface area contributed by atoms with E-state index in [1.807, 2.05) is 51.1 Å². The third kappa shape index (κ3) is 8.16. The summed E-state index contributed by atoms with van der Waals surface area (Å²) in [4.78, 5) is 29.3. The number of hydrogen-bond acceptors (Lipinski definition) is 5. The minimum absolute atomic E-state index is 0.0751. The van der Waals surface area contributed by atoms with Gasteiger partial charge in [-0.3, -0.25) is 13.9 Å². The number of hydrogen-bond donors (Lipinski definition) is 1. The summed E-state index contributed by atoms with van der Waals surface area (Å²) >= 11 is 0. The minimum Gasteiger partial charge on any atom is -0.497 e. The molecule has 0 radical (unpaired) electrons. The highest BCUT2D eigenvalue weighted by Crippen LogP contribution is 2.27. The van der Waals surface area contributed by atoms with Crippen LogP contribution < -0.4 is 14.4 Å². The van der Waals surface area contributed by atoms with Crippen LogP contribution in [0.15, 0.2) is 71.6 Å². The van der Waals surface area contributed by atoms with Gasteiger partial charge in [0, 0.05) is 12.6 Å². The predicted octanol–water partition coefficient (Wildman–Crippen LogP) is 5.68.